The van der Waals surface area contributed by atoms with Crippen molar-refractivity contribution in [3.05, 3.63) is 11.8 Å². The Labute approximate surface area is 161 Å². The van der Waals surface area contributed by atoms with Gasteiger partial charge in [0.25, 0.3) is 0 Å². The molecule has 1 nitrogen and oxygen atoms in total. The molecular formula is C16H35Cl3OSi3. The summed E-state index contributed by atoms with van der Waals surface area (Å²) in [6.07, 6.45) is 9.07. The van der Waals surface area contributed by atoms with E-state index in [4.69, 9.17) is 37.4 Å². The molecule has 0 aliphatic rings. The van der Waals surface area contributed by atoms with Crippen LogP contribution in [0.3, 0.4) is 0 Å². The summed E-state index contributed by atoms with van der Waals surface area (Å²) >= 11 is 18.8. The first-order valence-corrected chi connectivity index (χ1v) is 20.1. The average molecular weight is 434 g/mol. The van der Waals surface area contributed by atoms with E-state index in [0.717, 1.165) is 31.7 Å². The molecule has 138 valence electrons. The molecule has 0 saturated heterocycles. The predicted octanol–water partition coefficient (Wildman–Crippen LogP) is 7.91. The third kappa shape index (κ3) is 12.2. The largest absolute Gasteiger partial charge is 0.453 e. The maximum Gasteiger partial charge on any atom is 0.344 e. The van der Waals surface area contributed by atoms with Gasteiger partial charge in [0.15, 0.2) is 16.6 Å². The molecule has 0 aromatic rings. The van der Waals surface area contributed by atoms with Gasteiger partial charge in [-0.25, -0.2) is 0 Å². The van der Waals surface area contributed by atoms with Crippen LogP contribution in [0, 0.1) is 0 Å². The van der Waals surface area contributed by atoms with Crippen molar-refractivity contribution in [2.75, 3.05) is 0 Å². The van der Waals surface area contributed by atoms with Gasteiger partial charge in [0.2, 0.25) is 0 Å². The molecule has 1 atom stereocenters. The highest BCUT2D eigenvalue weighted by Crippen LogP contribution is 2.41. The van der Waals surface area contributed by atoms with E-state index >= 15 is 0 Å². The van der Waals surface area contributed by atoms with Crippen LogP contribution in [0.2, 0.25) is 37.8 Å². The molecule has 0 saturated carbocycles. The standard InChI is InChI=1S/C16H35Cl3OSi3/c1-7-9-10-11-14-21(3,4)20-22(5,6)15-13-16(12-8-2)23(17,18)19/h11,14,16H,7-10,12-13,15H2,1-6H3. The van der Waals surface area contributed by atoms with E-state index in [2.05, 4.69) is 51.8 Å². The SMILES string of the molecule is CCCCC=C[Si](C)(C)O[Si](C)(C)CCC(CCC)[Si](Cl)(Cl)Cl. The number of hydrogen-bond donors (Lipinski definition) is 0. The molecule has 0 N–H and O–H groups in total. The Balaban J connectivity index is 4.58. The van der Waals surface area contributed by atoms with Crippen LogP contribution in [-0.2, 0) is 4.12 Å². The van der Waals surface area contributed by atoms with Crippen molar-refractivity contribution >= 4 is 55.9 Å². The van der Waals surface area contributed by atoms with Crippen molar-refractivity contribution in [3.8, 4) is 0 Å². The summed E-state index contributed by atoms with van der Waals surface area (Å²) in [7, 11) is -3.45. The Kier molecular flexibility index (Phi) is 11.6. The van der Waals surface area contributed by atoms with Gasteiger partial charge < -0.3 is 4.12 Å². The monoisotopic (exact) mass is 432 g/mol. The number of rotatable bonds is 12. The van der Waals surface area contributed by atoms with Crippen LogP contribution < -0.4 is 0 Å². The molecule has 0 aromatic heterocycles. The minimum Gasteiger partial charge on any atom is -0.453 e. The van der Waals surface area contributed by atoms with Gasteiger partial charge in [-0.2, -0.15) is 0 Å². The third-order valence-corrected chi connectivity index (χ3v) is 15.1. The van der Waals surface area contributed by atoms with E-state index in [1.807, 2.05) is 0 Å². The summed E-state index contributed by atoms with van der Waals surface area (Å²) in [5.41, 5.74) is 2.61. The lowest BCUT2D eigenvalue weighted by molar-refractivity contribution is 0.543. The predicted molar refractivity (Wildman–Crippen MR) is 116 cm³/mol. The number of hydrogen-bond acceptors (Lipinski definition) is 1. The molecule has 0 radical (unpaired) electrons. The Bertz CT molecular complexity index is 355. The van der Waals surface area contributed by atoms with Gasteiger partial charge in [0.1, 0.15) is 0 Å². The highest BCUT2D eigenvalue weighted by atomic mass is 35.8. The molecule has 0 rings (SSSR count). The zero-order valence-electron chi connectivity index (χ0n) is 15.7. The van der Waals surface area contributed by atoms with Crippen LogP contribution in [0.4, 0.5) is 0 Å². The fourth-order valence-corrected chi connectivity index (χ4v) is 14.3. The van der Waals surface area contributed by atoms with Crippen LogP contribution in [0.15, 0.2) is 11.8 Å². The van der Waals surface area contributed by atoms with Crippen molar-refractivity contribution in [2.24, 2.45) is 0 Å². The van der Waals surface area contributed by atoms with Crippen molar-refractivity contribution < 1.29 is 4.12 Å². The smallest absolute Gasteiger partial charge is 0.344 e. The average Bonchev–Trinajstić information content (AvgIpc) is 2.37. The molecule has 0 spiro atoms. The van der Waals surface area contributed by atoms with Crippen LogP contribution in [-0.4, -0.2) is 22.6 Å². The van der Waals surface area contributed by atoms with E-state index in [-0.39, 0.29) is 5.54 Å². The summed E-state index contributed by atoms with van der Waals surface area (Å²) in [5, 5.41) is 0. The minimum atomic E-state index is -2.62. The lowest BCUT2D eigenvalue weighted by Gasteiger charge is -2.34. The topological polar surface area (TPSA) is 9.23 Å². The van der Waals surface area contributed by atoms with Crippen LogP contribution >= 0.6 is 33.2 Å². The maximum absolute atomic E-state index is 6.62. The molecule has 0 fully saturated rings. The second-order valence-corrected chi connectivity index (χ2v) is 25.0. The first-order chi connectivity index (χ1) is 10.4. The van der Waals surface area contributed by atoms with E-state index in [1.165, 1.54) is 12.8 Å². The second-order valence-electron chi connectivity index (χ2n) is 7.58. The molecular weight excluding hydrogens is 399 g/mol. The Hall–Kier alpha value is 1.22. The third-order valence-electron chi connectivity index (χ3n) is 3.98. The van der Waals surface area contributed by atoms with E-state index in [1.54, 1.807) is 0 Å². The van der Waals surface area contributed by atoms with Gasteiger partial charge in [0, 0.05) is 0 Å². The van der Waals surface area contributed by atoms with Gasteiger partial charge in [0.05, 0.1) is 0 Å². The highest BCUT2D eigenvalue weighted by molar-refractivity contribution is 7.65. The first-order valence-electron chi connectivity index (χ1n) is 8.88. The molecule has 0 amide bonds. The summed E-state index contributed by atoms with van der Waals surface area (Å²) < 4.78 is 6.62. The van der Waals surface area contributed by atoms with Crippen LogP contribution in [0.5, 0.6) is 0 Å². The van der Waals surface area contributed by atoms with Gasteiger partial charge in [-0.15, -0.1) is 33.2 Å². The number of halogens is 3. The highest BCUT2D eigenvalue weighted by Gasteiger charge is 2.38. The minimum absolute atomic E-state index is 0.262. The second kappa shape index (κ2) is 11.0. The first kappa shape index (κ1) is 24.2. The van der Waals surface area contributed by atoms with Crippen molar-refractivity contribution in [1.29, 1.82) is 0 Å². The maximum atomic E-state index is 6.62. The molecule has 0 aliphatic heterocycles. The fourth-order valence-electron chi connectivity index (χ4n) is 2.83. The molecule has 0 aromatic carbocycles. The molecule has 0 heterocycles. The normalized spacial score (nSPS) is 15.3. The quantitative estimate of drug-likeness (QED) is 0.172. The summed E-state index contributed by atoms with van der Waals surface area (Å²) in [4.78, 5) is 0. The molecule has 23 heavy (non-hydrogen) atoms. The van der Waals surface area contributed by atoms with Crippen LogP contribution in [0.1, 0.15) is 52.4 Å². The molecule has 0 bridgehead atoms. The van der Waals surface area contributed by atoms with E-state index in [9.17, 15) is 0 Å². The zero-order chi connectivity index (χ0) is 18.1. The van der Waals surface area contributed by atoms with Gasteiger partial charge in [-0.1, -0.05) is 44.9 Å². The van der Waals surface area contributed by atoms with Crippen molar-refractivity contribution in [3.63, 3.8) is 0 Å². The lowest BCUT2D eigenvalue weighted by Crippen LogP contribution is -2.43. The van der Waals surface area contributed by atoms with Gasteiger partial charge >= 0.3 is 6.00 Å². The summed E-state index contributed by atoms with van der Waals surface area (Å²) in [6, 6.07) is -1.53. The Morgan fingerprint density at radius 1 is 0.957 bits per heavy atom. The summed E-state index contributed by atoms with van der Waals surface area (Å²) in [6.45, 7) is 13.6. The van der Waals surface area contributed by atoms with E-state index in [0.29, 0.717) is 0 Å². The van der Waals surface area contributed by atoms with E-state index < -0.39 is 22.6 Å². The van der Waals surface area contributed by atoms with Crippen molar-refractivity contribution in [1.82, 2.24) is 0 Å². The zero-order valence-corrected chi connectivity index (χ0v) is 21.0. The number of unbranched alkanes of at least 4 members (excludes halogenated alkanes) is 2. The molecule has 0 aliphatic carbocycles. The lowest BCUT2D eigenvalue weighted by atomic mass is 10.2. The molecule has 7 heteroatoms. The van der Waals surface area contributed by atoms with Crippen LogP contribution in [0.25, 0.3) is 0 Å². The van der Waals surface area contributed by atoms with Gasteiger partial charge in [-0.3, -0.25) is 0 Å². The molecule has 1 unspecified atom stereocenters. The van der Waals surface area contributed by atoms with Gasteiger partial charge in [-0.05, 0) is 57.0 Å². The Morgan fingerprint density at radius 2 is 1.57 bits per heavy atom. The van der Waals surface area contributed by atoms with Crippen molar-refractivity contribution in [2.45, 2.75) is 90.1 Å². The fraction of sp³-hybridized carbons (Fsp3) is 0.875. The Morgan fingerprint density at radius 3 is 2.04 bits per heavy atom. The number of allylic oxidation sites excluding steroid dienone is 1. The summed E-state index contributed by atoms with van der Waals surface area (Å²) in [5.74, 6) is 0.